The van der Waals surface area contributed by atoms with Crippen molar-refractivity contribution in [3.05, 3.63) is 59.7 Å². The molecule has 0 aliphatic heterocycles. The molecule has 0 fully saturated rings. The van der Waals surface area contributed by atoms with Gasteiger partial charge in [0.2, 0.25) is 0 Å². The summed E-state index contributed by atoms with van der Waals surface area (Å²) in [6.45, 7) is 0. The molecule has 0 aliphatic carbocycles. The van der Waals surface area contributed by atoms with Crippen LogP contribution in [-0.4, -0.2) is 0 Å². The molecule has 0 atom stereocenters. The highest BCUT2D eigenvalue weighted by atomic mass is 32.2. The second-order valence-electron chi connectivity index (χ2n) is 3.64. The highest BCUT2D eigenvalue weighted by Gasteiger charge is 2.01. The second kappa shape index (κ2) is 5.42. The molecule has 0 radical (unpaired) electrons. The lowest BCUT2D eigenvalue weighted by atomic mass is 10.2. The lowest BCUT2D eigenvalue weighted by Crippen LogP contribution is -1.90. The number of hydrogen-bond donors (Lipinski definition) is 1. The van der Waals surface area contributed by atoms with Gasteiger partial charge in [-0.05, 0) is 23.8 Å². The predicted molar refractivity (Wildman–Crippen MR) is 71.6 cm³/mol. The van der Waals surface area contributed by atoms with Crippen molar-refractivity contribution in [2.24, 2.45) is 0 Å². The van der Waals surface area contributed by atoms with Crippen LogP contribution in [0.4, 0.5) is 5.69 Å². The lowest BCUT2D eigenvalue weighted by Gasteiger charge is -2.03. The normalized spacial score (nSPS) is 9.82. The molecule has 0 saturated carbocycles. The summed E-state index contributed by atoms with van der Waals surface area (Å²) in [6.07, 6.45) is 0. The third-order valence-corrected chi connectivity index (χ3v) is 3.46. The average Bonchev–Trinajstić information content (AvgIpc) is 2.39. The monoisotopic (exact) mass is 240 g/mol. The Morgan fingerprint density at radius 1 is 1.12 bits per heavy atom. The number of anilines is 1. The molecule has 2 aromatic rings. The van der Waals surface area contributed by atoms with Crippen molar-refractivity contribution in [3.63, 3.8) is 0 Å². The minimum atomic E-state index is 0.538. The van der Waals surface area contributed by atoms with Crippen LogP contribution in [0.1, 0.15) is 11.1 Å². The lowest BCUT2D eigenvalue weighted by molar-refractivity contribution is 1.37. The summed E-state index contributed by atoms with van der Waals surface area (Å²) in [5, 5.41) is 8.89. The summed E-state index contributed by atoms with van der Waals surface area (Å²) in [7, 11) is 0. The molecule has 0 amide bonds. The van der Waals surface area contributed by atoms with Gasteiger partial charge in [0.15, 0.2) is 0 Å². The Balaban J connectivity index is 2.08. The molecule has 2 aromatic carbocycles. The van der Waals surface area contributed by atoms with Gasteiger partial charge < -0.3 is 5.73 Å². The van der Waals surface area contributed by atoms with Gasteiger partial charge >= 0.3 is 0 Å². The minimum absolute atomic E-state index is 0.538. The van der Waals surface area contributed by atoms with Crippen LogP contribution in [0, 0.1) is 11.3 Å². The summed E-state index contributed by atoms with van der Waals surface area (Å²) in [6, 6.07) is 17.9. The van der Waals surface area contributed by atoms with E-state index in [0.717, 1.165) is 10.6 Å². The van der Waals surface area contributed by atoms with E-state index in [1.54, 1.807) is 17.8 Å². The molecule has 0 saturated heterocycles. The van der Waals surface area contributed by atoms with E-state index < -0.39 is 0 Å². The Hall–Kier alpha value is -1.92. The summed E-state index contributed by atoms with van der Waals surface area (Å²) in [4.78, 5) is 1.07. The van der Waals surface area contributed by atoms with Crippen LogP contribution < -0.4 is 5.73 Å². The maximum Gasteiger partial charge on any atom is 0.101 e. The topological polar surface area (TPSA) is 49.8 Å². The van der Waals surface area contributed by atoms with Gasteiger partial charge in [-0.1, -0.05) is 30.3 Å². The highest BCUT2D eigenvalue weighted by Crippen LogP contribution is 2.25. The fourth-order valence-electron chi connectivity index (χ4n) is 1.46. The fourth-order valence-corrected chi connectivity index (χ4v) is 2.35. The first-order chi connectivity index (χ1) is 8.29. The van der Waals surface area contributed by atoms with E-state index in [2.05, 4.69) is 18.2 Å². The first-order valence-corrected chi connectivity index (χ1v) is 6.24. The van der Waals surface area contributed by atoms with Gasteiger partial charge in [-0.15, -0.1) is 11.8 Å². The maximum atomic E-state index is 8.89. The highest BCUT2D eigenvalue weighted by molar-refractivity contribution is 7.98. The summed E-state index contributed by atoms with van der Waals surface area (Å²) in [5.74, 6) is 0.898. The van der Waals surface area contributed by atoms with Gasteiger partial charge in [-0.2, -0.15) is 5.26 Å². The molecule has 0 aromatic heterocycles. The molecule has 84 valence electrons. The number of rotatable bonds is 3. The molecular weight excluding hydrogens is 228 g/mol. The Bertz CT molecular complexity index is 544. The van der Waals surface area contributed by atoms with Crippen LogP contribution in [0.15, 0.2) is 53.4 Å². The Kier molecular flexibility index (Phi) is 3.69. The van der Waals surface area contributed by atoms with E-state index in [4.69, 9.17) is 11.0 Å². The minimum Gasteiger partial charge on any atom is -0.398 e. The zero-order valence-electron chi connectivity index (χ0n) is 9.26. The first-order valence-electron chi connectivity index (χ1n) is 5.26. The number of benzene rings is 2. The summed E-state index contributed by atoms with van der Waals surface area (Å²) < 4.78 is 0. The molecule has 2 N–H and O–H groups in total. The Labute approximate surface area is 105 Å². The van der Waals surface area contributed by atoms with Crippen LogP contribution >= 0.6 is 11.8 Å². The molecule has 0 bridgehead atoms. The van der Waals surface area contributed by atoms with Crippen LogP contribution in [-0.2, 0) is 5.75 Å². The van der Waals surface area contributed by atoms with Gasteiger partial charge in [0, 0.05) is 16.3 Å². The second-order valence-corrected chi connectivity index (χ2v) is 4.68. The number of thioether (sulfide) groups is 1. The quantitative estimate of drug-likeness (QED) is 0.660. The zero-order valence-corrected chi connectivity index (χ0v) is 10.1. The Morgan fingerprint density at radius 3 is 2.59 bits per heavy atom. The third-order valence-electron chi connectivity index (χ3n) is 2.39. The van der Waals surface area contributed by atoms with E-state index in [1.165, 1.54) is 5.56 Å². The van der Waals surface area contributed by atoms with Crippen molar-refractivity contribution in [3.8, 4) is 6.07 Å². The van der Waals surface area contributed by atoms with Gasteiger partial charge in [0.25, 0.3) is 0 Å². The van der Waals surface area contributed by atoms with Crippen LogP contribution in [0.5, 0.6) is 0 Å². The number of nitriles is 1. The largest absolute Gasteiger partial charge is 0.398 e. The summed E-state index contributed by atoms with van der Waals surface area (Å²) >= 11 is 1.71. The van der Waals surface area contributed by atoms with Gasteiger partial charge in [0.1, 0.15) is 6.07 Å². The van der Waals surface area contributed by atoms with Crippen molar-refractivity contribution in [2.45, 2.75) is 10.6 Å². The number of hydrogen-bond acceptors (Lipinski definition) is 3. The first kappa shape index (κ1) is 11.6. The van der Waals surface area contributed by atoms with Crippen molar-refractivity contribution in [1.29, 1.82) is 5.26 Å². The maximum absolute atomic E-state index is 8.89. The van der Waals surface area contributed by atoms with E-state index in [1.807, 2.05) is 30.3 Å². The van der Waals surface area contributed by atoms with Crippen molar-refractivity contribution in [1.82, 2.24) is 0 Å². The van der Waals surface area contributed by atoms with E-state index in [-0.39, 0.29) is 0 Å². The van der Waals surface area contributed by atoms with Gasteiger partial charge in [-0.25, -0.2) is 0 Å². The smallest absolute Gasteiger partial charge is 0.101 e. The average molecular weight is 240 g/mol. The van der Waals surface area contributed by atoms with Crippen molar-refractivity contribution in [2.75, 3.05) is 5.73 Å². The van der Waals surface area contributed by atoms with Crippen molar-refractivity contribution < 1.29 is 0 Å². The predicted octanol–water partition coefficient (Wildman–Crippen LogP) is 3.43. The molecule has 0 unspecified atom stereocenters. The van der Waals surface area contributed by atoms with E-state index >= 15 is 0 Å². The molecule has 0 aliphatic rings. The van der Waals surface area contributed by atoms with E-state index in [0.29, 0.717) is 11.3 Å². The molecule has 3 heteroatoms. The van der Waals surface area contributed by atoms with Crippen LogP contribution in [0.25, 0.3) is 0 Å². The van der Waals surface area contributed by atoms with Crippen LogP contribution in [0.2, 0.25) is 0 Å². The number of nitrogens with zero attached hydrogens (tertiary/aromatic N) is 1. The summed E-state index contributed by atoms with van der Waals surface area (Å²) in [5.41, 5.74) is 8.03. The molecule has 0 spiro atoms. The Morgan fingerprint density at radius 2 is 1.88 bits per heavy atom. The number of nitrogens with two attached hydrogens (primary N) is 1. The SMILES string of the molecule is N#Cc1cc(SCc2ccccc2)ccc1N. The van der Waals surface area contributed by atoms with Crippen molar-refractivity contribution >= 4 is 17.4 Å². The standard InChI is InChI=1S/C14H12N2S/c15-9-12-8-13(6-7-14(12)16)17-10-11-4-2-1-3-5-11/h1-8H,10,16H2. The zero-order chi connectivity index (χ0) is 12.1. The third kappa shape index (κ3) is 3.02. The number of nitrogen functional groups attached to an aromatic ring is 1. The van der Waals surface area contributed by atoms with Crippen LogP contribution in [0.3, 0.4) is 0 Å². The molecular formula is C14H12N2S. The molecule has 2 nitrogen and oxygen atoms in total. The fraction of sp³-hybridized carbons (Fsp3) is 0.0714. The molecule has 17 heavy (non-hydrogen) atoms. The van der Waals surface area contributed by atoms with Gasteiger partial charge in [-0.3, -0.25) is 0 Å². The molecule has 0 heterocycles. The molecule has 2 rings (SSSR count). The van der Waals surface area contributed by atoms with Gasteiger partial charge in [0.05, 0.1) is 5.56 Å². The van der Waals surface area contributed by atoms with E-state index in [9.17, 15) is 0 Å².